The Morgan fingerprint density at radius 1 is 1.15 bits per heavy atom. The van der Waals surface area contributed by atoms with Crippen molar-refractivity contribution in [1.82, 2.24) is 0 Å². The van der Waals surface area contributed by atoms with Crippen molar-refractivity contribution in [3.8, 4) is 11.5 Å². The molecule has 2 aromatic carbocycles. The number of aryl methyl sites for hydroxylation is 1. The molecule has 0 aliphatic carbocycles. The first-order valence-electron chi connectivity index (χ1n) is 8.39. The maximum Gasteiger partial charge on any atom is 0.195 e. The number of rotatable bonds is 7. The third kappa shape index (κ3) is 5.31. The van der Waals surface area contributed by atoms with Gasteiger partial charge in [-0.1, -0.05) is 34.1 Å². The number of methoxy groups -OCH3 is 1. The molecule has 27 heavy (non-hydrogen) atoms. The third-order valence-corrected chi connectivity index (χ3v) is 5.41. The molecular formula is C22H19BrO3S. The van der Waals surface area contributed by atoms with E-state index in [1.807, 2.05) is 67.6 Å². The molecule has 0 aliphatic heterocycles. The van der Waals surface area contributed by atoms with Crippen LogP contribution in [0.3, 0.4) is 0 Å². The van der Waals surface area contributed by atoms with E-state index < -0.39 is 0 Å². The van der Waals surface area contributed by atoms with Gasteiger partial charge in [0.15, 0.2) is 5.78 Å². The Balaban J connectivity index is 1.74. The van der Waals surface area contributed by atoms with E-state index in [9.17, 15) is 4.79 Å². The highest BCUT2D eigenvalue weighted by molar-refractivity contribution is 9.10. The number of hydrogen-bond acceptors (Lipinski definition) is 4. The van der Waals surface area contributed by atoms with Crippen LogP contribution in [0.1, 0.15) is 25.7 Å². The number of carbonyl (C=O) groups is 1. The molecule has 0 unspecified atom stereocenters. The molecular weight excluding hydrogens is 424 g/mol. The molecule has 138 valence electrons. The van der Waals surface area contributed by atoms with Gasteiger partial charge in [-0.2, -0.15) is 0 Å². The standard InChI is InChI=1S/C22H19BrO3S/c1-15-6-11-22(27-15)20(24)9-7-16-8-10-21(25-2)17(12-16)14-26-19-5-3-4-18(23)13-19/h3-13H,14H2,1-2H3/b9-7+. The van der Waals surface area contributed by atoms with E-state index in [4.69, 9.17) is 9.47 Å². The lowest BCUT2D eigenvalue weighted by Crippen LogP contribution is -1.99. The van der Waals surface area contributed by atoms with Gasteiger partial charge in [-0.25, -0.2) is 0 Å². The number of thiophene rings is 1. The van der Waals surface area contributed by atoms with Crippen molar-refractivity contribution in [1.29, 1.82) is 0 Å². The van der Waals surface area contributed by atoms with Gasteiger partial charge in [0.2, 0.25) is 0 Å². The van der Waals surface area contributed by atoms with Gasteiger partial charge in [0.1, 0.15) is 18.1 Å². The van der Waals surface area contributed by atoms with E-state index in [1.165, 1.54) is 11.3 Å². The van der Waals surface area contributed by atoms with Crippen LogP contribution in [0.25, 0.3) is 6.08 Å². The second kappa shape index (κ2) is 9.02. The van der Waals surface area contributed by atoms with Crippen LogP contribution in [0.2, 0.25) is 0 Å². The number of carbonyl (C=O) groups excluding carboxylic acids is 1. The van der Waals surface area contributed by atoms with E-state index in [0.29, 0.717) is 6.61 Å². The summed E-state index contributed by atoms with van der Waals surface area (Å²) in [6.45, 7) is 2.37. The lowest BCUT2D eigenvalue weighted by Gasteiger charge is -2.11. The van der Waals surface area contributed by atoms with Gasteiger partial charge in [-0.3, -0.25) is 4.79 Å². The Morgan fingerprint density at radius 3 is 2.70 bits per heavy atom. The summed E-state index contributed by atoms with van der Waals surface area (Å²) in [6, 6.07) is 17.3. The fourth-order valence-corrected chi connectivity index (χ4v) is 3.72. The van der Waals surface area contributed by atoms with Crippen LogP contribution in [0.4, 0.5) is 0 Å². The molecule has 3 aromatic rings. The van der Waals surface area contributed by atoms with Crippen molar-refractivity contribution in [3.05, 3.63) is 86.0 Å². The lowest BCUT2D eigenvalue weighted by atomic mass is 10.1. The highest BCUT2D eigenvalue weighted by Gasteiger charge is 2.07. The minimum atomic E-state index is 0.0100. The number of halogens is 1. The van der Waals surface area contributed by atoms with Crippen molar-refractivity contribution in [3.63, 3.8) is 0 Å². The number of hydrogen-bond donors (Lipinski definition) is 0. The molecule has 3 rings (SSSR count). The van der Waals surface area contributed by atoms with Crippen LogP contribution < -0.4 is 9.47 Å². The summed E-state index contributed by atoms with van der Waals surface area (Å²) in [5.41, 5.74) is 1.84. The van der Waals surface area contributed by atoms with E-state index in [2.05, 4.69) is 15.9 Å². The summed E-state index contributed by atoms with van der Waals surface area (Å²) in [7, 11) is 1.64. The Hall–Kier alpha value is -2.37. The van der Waals surface area contributed by atoms with Crippen LogP contribution in [0, 0.1) is 6.92 Å². The lowest BCUT2D eigenvalue weighted by molar-refractivity contribution is 0.105. The molecule has 0 atom stereocenters. The number of benzene rings is 2. The molecule has 0 saturated carbocycles. The second-order valence-corrected chi connectivity index (χ2v) is 8.13. The summed E-state index contributed by atoms with van der Waals surface area (Å²) in [5.74, 6) is 1.54. The normalized spacial score (nSPS) is 10.9. The molecule has 0 aliphatic rings. The van der Waals surface area contributed by atoms with Crippen LogP contribution in [0.15, 0.2) is 65.1 Å². The van der Waals surface area contributed by atoms with Gasteiger partial charge in [-0.05, 0) is 61.0 Å². The average Bonchev–Trinajstić information content (AvgIpc) is 3.11. The van der Waals surface area contributed by atoms with Gasteiger partial charge >= 0.3 is 0 Å². The number of allylic oxidation sites excluding steroid dienone is 1. The summed E-state index contributed by atoms with van der Waals surface area (Å²) in [6.07, 6.45) is 3.42. The van der Waals surface area contributed by atoms with Crippen molar-refractivity contribution in [2.24, 2.45) is 0 Å². The smallest absolute Gasteiger partial charge is 0.195 e. The Kier molecular flexibility index (Phi) is 6.48. The van der Waals surface area contributed by atoms with Crippen molar-refractivity contribution in [2.75, 3.05) is 7.11 Å². The zero-order valence-corrected chi connectivity index (χ0v) is 17.5. The maximum atomic E-state index is 12.3. The molecule has 0 spiro atoms. The van der Waals surface area contributed by atoms with Crippen molar-refractivity contribution >= 4 is 39.1 Å². The minimum absolute atomic E-state index is 0.0100. The van der Waals surface area contributed by atoms with E-state index in [0.717, 1.165) is 36.9 Å². The summed E-state index contributed by atoms with van der Waals surface area (Å²) in [5, 5.41) is 0. The molecule has 0 radical (unpaired) electrons. The van der Waals surface area contributed by atoms with Gasteiger partial charge in [0, 0.05) is 14.9 Å². The zero-order chi connectivity index (χ0) is 19.2. The van der Waals surface area contributed by atoms with Crippen LogP contribution in [-0.2, 0) is 6.61 Å². The van der Waals surface area contributed by atoms with E-state index in [-0.39, 0.29) is 5.78 Å². The van der Waals surface area contributed by atoms with Crippen LogP contribution >= 0.6 is 27.3 Å². The highest BCUT2D eigenvalue weighted by Crippen LogP contribution is 2.24. The third-order valence-electron chi connectivity index (χ3n) is 3.91. The first-order valence-corrected chi connectivity index (χ1v) is 10.0. The van der Waals surface area contributed by atoms with Gasteiger partial charge in [0.05, 0.1) is 12.0 Å². The van der Waals surface area contributed by atoms with Crippen LogP contribution in [0.5, 0.6) is 11.5 Å². The monoisotopic (exact) mass is 442 g/mol. The zero-order valence-electron chi connectivity index (χ0n) is 15.1. The van der Waals surface area contributed by atoms with Crippen LogP contribution in [-0.4, -0.2) is 12.9 Å². The minimum Gasteiger partial charge on any atom is -0.496 e. The highest BCUT2D eigenvalue weighted by atomic mass is 79.9. The van der Waals surface area contributed by atoms with Crippen molar-refractivity contribution in [2.45, 2.75) is 13.5 Å². The predicted octanol–water partition coefficient (Wildman–Crippen LogP) is 6.30. The predicted molar refractivity (Wildman–Crippen MR) is 114 cm³/mol. The van der Waals surface area contributed by atoms with Gasteiger partial charge < -0.3 is 9.47 Å². The molecule has 0 N–H and O–H groups in total. The average molecular weight is 443 g/mol. The second-order valence-electron chi connectivity index (χ2n) is 5.93. The first kappa shape index (κ1) is 19.4. The molecule has 1 aromatic heterocycles. The molecule has 0 saturated heterocycles. The fourth-order valence-electron chi connectivity index (χ4n) is 2.55. The van der Waals surface area contributed by atoms with Gasteiger partial charge in [0.25, 0.3) is 0 Å². The van der Waals surface area contributed by atoms with E-state index in [1.54, 1.807) is 13.2 Å². The number of ether oxygens (including phenoxy) is 2. The van der Waals surface area contributed by atoms with Crippen molar-refractivity contribution < 1.29 is 14.3 Å². The summed E-state index contributed by atoms with van der Waals surface area (Å²) < 4.78 is 12.3. The molecule has 0 amide bonds. The Morgan fingerprint density at radius 2 is 2.00 bits per heavy atom. The number of ketones is 1. The Labute approximate surface area is 171 Å². The molecule has 0 bridgehead atoms. The summed E-state index contributed by atoms with van der Waals surface area (Å²) >= 11 is 4.94. The largest absolute Gasteiger partial charge is 0.496 e. The maximum absolute atomic E-state index is 12.3. The van der Waals surface area contributed by atoms with E-state index >= 15 is 0 Å². The molecule has 1 heterocycles. The molecule has 0 fully saturated rings. The summed E-state index contributed by atoms with van der Waals surface area (Å²) in [4.78, 5) is 14.1. The molecule has 5 heteroatoms. The quantitative estimate of drug-likeness (QED) is 0.318. The first-order chi connectivity index (χ1) is 13.0. The Bertz CT molecular complexity index is 975. The SMILES string of the molecule is COc1ccc(/C=C/C(=O)c2ccc(C)s2)cc1COc1cccc(Br)c1. The molecule has 3 nitrogen and oxygen atoms in total. The topological polar surface area (TPSA) is 35.5 Å². The fraction of sp³-hybridized carbons (Fsp3) is 0.136. The van der Waals surface area contributed by atoms with Gasteiger partial charge in [-0.15, -0.1) is 11.3 Å².